The normalized spacial score (nSPS) is 12.1. The minimum Gasteiger partial charge on any atom is -0.618 e. The number of benzene rings is 3. The molecule has 0 saturated carbocycles. The fourth-order valence-corrected chi connectivity index (χ4v) is 2.75. The second-order valence-corrected chi connectivity index (χ2v) is 5.65. The Bertz CT molecular complexity index is 963. The number of hydrogen-bond acceptors (Lipinski definition) is 4. The van der Waals surface area contributed by atoms with Crippen molar-refractivity contribution >= 4 is 22.2 Å². The average molecular weight is 337 g/mol. The van der Waals surface area contributed by atoms with Gasteiger partial charge >= 0.3 is 0 Å². The van der Waals surface area contributed by atoms with Gasteiger partial charge in [0.2, 0.25) is 0 Å². The Labute approximate surface area is 145 Å². The lowest BCUT2D eigenvalue weighted by Crippen LogP contribution is -2.10. The number of nitrogens with zero attached hydrogens (tertiary/aromatic N) is 1. The summed E-state index contributed by atoms with van der Waals surface area (Å²) < 4.78 is 6.08. The molecule has 0 aliphatic carbocycles. The summed E-state index contributed by atoms with van der Waals surface area (Å²) in [5, 5.41) is 34.5. The van der Waals surface area contributed by atoms with E-state index in [1.54, 1.807) is 31.2 Å². The van der Waals surface area contributed by atoms with E-state index in [4.69, 9.17) is 4.74 Å². The van der Waals surface area contributed by atoms with E-state index in [2.05, 4.69) is 0 Å². The topological polar surface area (TPSA) is 75.8 Å². The summed E-state index contributed by atoms with van der Waals surface area (Å²) in [6.45, 7) is 3.88. The maximum absolute atomic E-state index is 13.0. The Morgan fingerprint density at radius 2 is 1.76 bits per heavy atom. The van der Waals surface area contributed by atoms with Crippen molar-refractivity contribution in [2.45, 2.75) is 13.8 Å². The van der Waals surface area contributed by atoms with Crippen LogP contribution in [0.1, 0.15) is 19.4 Å². The summed E-state index contributed by atoms with van der Waals surface area (Å²) in [6.07, 6.45) is 0. The lowest BCUT2D eigenvalue weighted by Gasteiger charge is -2.12. The summed E-state index contributed by atoms with van der Waals surface area (Å²) in [5.41, 5.74) is 1.18. The largest absolute Gasteiger partial charge is 0.618 e. The molecular weight excluding hydrogens is 318 g/mol. The second kappa shape index (κ2) is 6.73. The first-order chi connectivity index (χ1) is 12.0. The van der Waals surface area contributed by atoms with E-state index in [1.807, 2.05) is 25.1 Å². The Balaban J connectivity index is 2.18. The smallest absolute Gasteiger partial charge is 0.266 e. The molecule has 0 radical (unpaired) electrons. The van der Waals surface area contributed by atoms with Crippen LogP contribution in [0.15, 0.2) is 54.6 Å². The predicted octanol–water partition coefficient (Wildman–Crippen LogP) is 4.30. The number of hydrogen-bond donors (Lipinski definition) is 2. The van der Waals surface area contributed by atoms with Crippen molar-refractivity contribution in [3.63, 3.8) is 0 Å². The highest BCUT2D eigenvalue weighted by Gasteiger charge is 2.19. The fourth-order valence-electron chi connectivity index (χ4n) is 2.75. The molecule has 0 atom stereocenters. The highest BCUT2D eigenvalue weighted by Crippen LogP contribution is 2.35. The van der Waals surface area contributed by atoms with E-state index in [9.17, 15) is 15.4 Å². The van der Waals surface area contributed by atoms with Crippen LogP contribution in [0.5, 0.6) is 17.2 Å². The molecule has 3 aromatic rings. The van der Waals surface area contributed by atoms with Gasteiger partial charge in [-0.2, -0.15) is 4.74 Å². The number of fused-ring (bicyclic) bond motifs is 1. The van der Waals surface area contributed by atoms with Crippen LogP contribution < -0.4 is 4.74 Å². The van der Waals surface area contributed by atoms with E-state index >= 15 is 0 Å². The van der Waals surface area contributed by atoms with Gasteiger partial charge in [0.1, 0.15) is 0 Å². The molecule has 2 N–H and O–H groups in total. The maximum atomic E-state index is 13.0. The number of rotatable bonds is 4. The van der Waals surface area contributed by atoms with Crippen LogP contribution in [0.2, 0.25) is 0 Å². The highest BCUT2D eigenvalue weighted by atomic mass is 16.5. The van der Waals surface area contributed by atoms with Crippen LogP contribution in [0.4, 0.5) is 5.69 Å². The monoisotopic (exact) mass is 337 g/mol. The molecule has 5 heteroatoms. The third kappa shape index (κ3) is 3.08. The molecule has 0 fully saturated rings. The van der Waals surface area contributed by atoms with E-state index < -0.39 is 0 Å². The maximum Gasteiger partial charge on any atom is 0.266 e. The molecule has 0 saturated heterocycles. The Kier molecular flexibility index (Phi) is 4.48. The summed E-state index contributed by atoms with van der Waals surface area (Å²) >= 11 is 0. The lowest BCUT2D eigenvalue weighted by atomic mass is 10.1. The van der Waals surface area contributed by atoms with Gasteiger partial charge in [-0.1, -0.05) is 24.3 Å². The number of phenolic OH excluding ortho intramolecular Hbond substituents is 2. The Hall–Kier alpha value is -3.21. The molecule has 25 heavy (non-hydrogen) atoms. The van der Waals surface area contributed by atoms with E-state index in [1.165, 1.54) is 12.1 Å². The summed E-state index contributed by atoms with van der Waals surface area (Å²) in [6, 6.07) is 15.4. The van der Waals surface area contributed by atoms with Crippen LogP contribution in [-0.4, -0.2) is 27.3 Å². The second-order valence-electron chi connectivity index (χ2n) is 5.65. The van der Waals surface area contributed by atoms with Crippen LogP contribution in [0.25, 0.3) is 10.8 Å². The molecule has 0 amide bonds. The molecule has 5 nitrogen and oxygen atoms in total. The first-order valence-corrected chi connectivity index (χ1v) is 8.00. The third-order valence-electron chi connectivity index (χ3n) is 4.06. The van der Waals surface area contributed by atoms with Crippen molar-refractivity contribution in [3.05, 3.63) is 65.4 Å². The standard InChI is InChI=1S/C20H19NO4/c1-3-25-19-12-15(9-10-17(19)22)13(2)21(24)20-16-7-5-4-6-14(16)8-11-18(20)23/h4-12,22-23H,3H2,1-2H3. The van der Waals surface area contributed by atoms with Gasteiger partial charge in [0, 0.05) is 12.5 Å². The molecule has 0 unspecified atom stereocenters. The number of ether oxygens (including phenoxy) is 1. The molecular formula is C20H19NO4. The predicted molar refractivity (Wildman–Crippen MR) is 98.0 cm³/mol. The van der Waals surface area contributed by atoms with E-state index in [-0.39, 0.29) is 17.2 Å². The van der Waals surface area contributed by atoms with Crippen molar-refractivity contribution in [1.29, 1.82) is 0 Å². The van der Waals surface area contributed by atoms with Crippen LogP contribution in [0, 0.1) is 5.21 Å². The average Bonchev–Trinajstić information content (AvgIpc) is 2.62. The molecule has 0 spiro atoms. The highest BCUT2D eigenvalue weighted by molar-refractivity contribution is 5.99. The molecule has 0 aromatic heterocycles. The van der Waals surface area contributed by atoms with Crippen molar-refractivity contribution in [2.24, 2.45) is 0 Å². The van der Waals surface area contributed by atoms with Crippen LogP contribution in [0.3, 0.4) is 0 Å². The molecule has 3 aromatic carbocycles. The van der Waals surface area contributed by atoms with Gasteiger partial charge in [-0.15, -0.1) is 0 Å². The summed E-state index contributed by atoms with van der Waals surface area (Å²) in [4.78, 5) is 0. The number of phenols is 2. The van der Waals surface area contributed by atoms with E-state index in [0.29, 0.717) is 33.8 Å². The molecule has 3 rings (SSSR count). The zero-order valence-corrected chi connectivity index (χ0v) is 14.1. The van der Waals surface area contributed by atoms with Gasteiger partial charge in [-0.05, 0) is 42.6 Å². The minimum absolute atomic E-state index is 0.0175. The van der Waals surface area contributed by atoms with Crippen molar-refractivity contribution in [2.75, 3.05) is 6.61 Å². The van der Waals surface area contributed by atoms with Crippen molar-refractivity contribution < 1.29 is 19.7 Å². The van der Waals surface area contributed by atoms with Gasteiger partial charge in [0.25, 0.3) is 5.69 Å². The quantitative estimate of drug-likeness (QED) is 0.322. The molecule has 0 aliphatic heterocycles. The van der Waals surface area contributed by atoms with Gasteiger partial charge < -0.3 is 20.2 Å². The molecule has 128 valence electrons. The van der Waals surface area contributed by atoms with Gasteiger partial charge in [-0.25, -0.2) is 0 Å². The SMILES string of the molecule is CCOc1cc(C(C)=[N+]([O-])c2c(O)ccc3ccccc23)ccc1O. The first kappa shape index (κ1) is 16.6. The first-order valence-electron chi connectivity index (χ1n) is 8.00. The van der Waals surface area contributed by atoms with E-state index in [0.717, 1.165) is 5.39 Å². The van der Waals surface area contributed by atoms with Crippen molar-refractivity contribution in [1.82, 2.24) is 0 Å². The molecule has 0 heterocycles. The zero-order valence-electron chi connectivity index (χ0n) is 14.1. The lowest BCUT2D eigenvalue weighted by molar-refractivity contribution is -0.359. The molecule has 0 aliphatic rings. The zero-order chi connectivity index (χ0) is 18.0. The Morgan fingerprint density at radius 1 is 1.04 bits per heavy atom. The minimum atomic E-state index is -0.0862. The summed E-state index contributed by atoms with van der Waals surface area (Å²) in [5.74, 6) is 0.246. The van der Waals surface area contributed by atoms with Gasteiger partial charge in [0.05, 0.1) is 12.0 Å². The Morgan fingerprint density at radius 3 is 2.52 bits per heavy atom. The van der Waals surface area contributed by atoms with Crippen LogP contribution in [-0.2, 0) is 0 Å². The number of aromatic hydroxyl groups is 2. The molecule has 0 bridgehead atoms. The fraction of sp³-hybridized carbons (Fsp3) is 0.150. The van der Waals surface area contributed by atoms with Crippen LogP contribution >= 0.6 is 0 Å². The van der Waals surface area contributed by atoms with Crippen molar-refractivity contribution in [3.8, 4) is 17.2 Å². The third-order valence-corrected chi connectivity index (χ3v) is 4.06. The summed E-state index contributed by atoms with van der Waals surface area (Å²) in [7, 11) is 0. The van der Waals surface area contributed by atoms with Gasteiger partial charge in [-0.3, -0.25) is 0 Å². The van der Waals surface area contributed by atoms with Gasteiger partial charge in [0.15, 0.2) is 23.0 Å².